The Morgan fingerprint density at radius 2 is 0.787 bits per heavy atom. The van der Waals surface area contributed by atoms with E-state index in [1.165, 1.54) is 57.8 Å². The van der Waals surface area contributed by atoms with Crippen molar-refractivity contribution in [1.29, 1.82) is 0 Å². The van der Waals surface area contributed by atoms with E-state index in [2.05, 4.69) is 21.3 Å². The minimum absolute atomic E-state index is 0.00882. The topological polar surface area (TPSA) is 202 Å². The highest BCUT2D eigenvalue weighted by Crippen LogP contribution is 2.14. The predicted octanol–water partition coefficient (Wildman–Crippen LogP) is 5.72. The van der Waals surface area contributed by atoms with Gasteiger partial charge < -0.3 is 45.5 Å². The molecule has 0 saturated heterocycles. The van der Waals surface area contributed by atoms with Crippen molar-refractivity contribution in [3.63, 3.8) is 0 Å². The fourth-order valence-corrected chi connectivity index (χ4v) is 7.09. The molecule has 0 aliphatic rings. The number of amides is 5. The SMILES string of the molecule is CC(C)SCC(=O)NCCN(CCNC(=O)CSC(C)C)C(=O)CCC(=O)NCCOCCOCCOCCNC(=O)CCCCCCCCCCCCCCCCC(=O)O. The monoisotopic (exact) mass is 906 g/mol. The van der Waals surface area contributed by atoms with Gasteiger partial charge in [-0.2, -0.15) is 0 Å². The van der Waals surface area contributed by atoms with Gasteiger partial charge in [-0.15, -0.1) is 23.5 Å². The van der Waals surface area contributed by atoms with Crippen LogP contribution in [0.2, 0.25) is 0 Å². The summed E-state index contributed by atoms with van der Waals surface area (Å²) in [5.74, 6) is -0.624. The lowest BCUT2D eigenvalue weighted by Crippen LogP contribution is -2.43. The fraction of sp³-hybridized carbons (Fsp3) is 0.864. The molecule has 61 heavy (non-hydrogen) atoms. The molecule has 0 spiro atoms. The molecule has 0 unspecified atom stereocenters. The van der Waals surface area contributed by atoms with Gasteiger partial charge in [0.2, 0.25) is 29.5 Å². The Balaban J connectivity index is 3.80. The molecule has 15 nitrogen and oxygen atoms in total. The average molecular weight is 906 g/mol. The summed E-state index contributed by atoms with van der Waals surface area (Å²) in [5.41, 5.74) is 0. The smallest absolute Gasteiger partial charge is 0.303 e. The van der Waals surface area contributed by atoms with Crippen LogP contribution >= 0.6 is 23.5 Å². The van der Waals surface area contributed by atoms with Crippen molar-refractivity contribution in [2.24, 2.45) is 0 Å². The maximum Gasteiger partial charge on any atom is 0.303 e. The Morgan fingerprint density at radius 3 is 1.18 bits per heavy atom. The first-order valence-corrected chi connectivity index (χ1v) is 25.0. The molecule has 0 bridgehead atoms. The number of carboxylic acid groups (broad SMARTS) is 1. The number of carbonyl (C=O) groups excluding carboxylic acids is 5. The highest BCUT2D eigenvalue weighted by Gasteiger charge is 2.16. The molecule has 0 aliphatic carbocycles. The fourth-order valence-electron chi connectivity index (χ4n) is 5.91. The van der Waals surface area contributed by atoms with Crippen LogP contribution in [-0.2, 0) is 43.0 Å². The molecule has 0 atom stereocenters. The third kappa shape index (κ3) is 43.8. The van der Waals surface area contributed by atoms with E-state index < -0.39 is 5.97 Å². The third-order valence-electron chi connectivity index (χ3n) is 9.35. The van der Waals surface area contributed by atoms with Crippen LogP contribution in [0.5, 0.6) is 0 Å². The lowest BCUT2D eigenvalue weighted by Gasteiger charge is -2.23. The van der Waals surface area contributed by atoms with Crippen LogP contribution in [0.4, 0.5) is 0 Å². The molecule has 0 heterocycles. The van der Waals surface area contributed by atoms with Gasteiger partial charge in [-0.05, 0) is 23.3 Å². The number of ether oxygens (including phenoxy) is 3. The van der Waals surface area contributed by atoms with E-state index in [0.29, 0.717) is 87.6 Å². The summed E-state index contributed by atoms with van der Waals surface area (Å²) in [6.07, 6.45) is 17.1. The van der Waals surface area contributed by atoms with E-state index >= 15 is 0 Å². The maximum atomic E-state index is 13.0. The zero-order valence-electron chi connectivity index (χ0n) is 38.2. The molecule has 0 saturated carbocycles. The van der Waals surface area contributed by atoms with E-state index in [9.17, 15) is 28.8 Å². The first kappa shape index (κ1) is 58.4. The normalized spacial score (nSPS) is 11.2. The number of carboxylic acids is 1. The number of nitrogens with one attached hydrogen (secondary N) is 4. The second-order valence-electron chi connectivity index (χ2n) is 15.7. The van der Waals surface area contributed by atoms with Crippen molar-refractivity contribution in [1.82, 2.24) is 26.2 Å². The lowest BCUT2D eigenvalue weighted by atomic mass is 10.0. The molecule has 0 aliphatic heterocycles. The average Bonchev–Trinajstić information content (AvgIpc) is 3.22. The van der Waals surface area contributed by atoms with Gasteiger partial charge in [0.15, 0.2) is 0 Å². The quantitative estimate of drug-likeness (QED) is 0.0467. The first-order chi connectivity index (χ1) is 29.4. The van der Waals surface area contributed by atoms with Crippen LogP contribution in [0.1, 0.15) is 143 Å². The van der Waals surface area contributed by atoms with Crippen LogP contribution in [0.3, 0.4) is 0 Å². The molecule has 0 radical (unpaired) electrons. The number of carbonyl (C=O) groups is 6. The molecule has 0 rings (SSSR count). The van der Waals surface area contributed by atoms with Gasteiger partial charge in [-0.25, -0.2) is 0 Å². The predicted molar refractivity (Wildman–Crippen MR) is 247 cm³/mol. The van der Waals surface area contributed by atoms with Crippen molar-refractivity contribution in [3.8, 4) is 0 Å². The van der Waals surface area contributed by atoms with Gasteiger partial charge in [-0.3, -0.25) is 28.8 Å². The van der Waals surface area contributed by atoms with Crippen molar-refractivity contribution < 1.29 is 48.1 Å². The summed E-state index contributed by atoms with van der Waals surface area (Å²) in [6.45, 7) is 12.3. The van der Waals surface area contributed by atoms with Crippen LogP contribution < -0.4 is 21.3 Å². The van der Waals surface area contributed by atoms with Gasteiger partial charge in [0.1, 0.15) is 0 Å². The van der Waals surface area contributed by atoms with Crippen LogP contribution in [0.15, 0.2) is 0 Å². The second-order valence-corrected chi connectivity index (χ2v) is 18.8. The minimum atomic E-state index is -0.693. The summed E-state index contributed by atoms with van der Waals surface area (Å²) in [7, 11) is 0. The van der Waals surface area contributed by atoms with Crippen molar-refractivity contribution in [2.75, 3.05) is 90.4 Å². The summed E-state index contributed by atoms with van der Waals surface area (Å²) in [4.78, 5) is 73.8. The van der Waals surface area contributed by atoms with Crippen LogP contribution in [0, 0.1) is 0 Å². The number of hydrogen-bond acceptors (Lipinski definition) is 11. The first-order valence-electron chi connectivity index (χ1n) is 22.9. The van der Waals surface area contributed by atoms with Crippen LogP contribution in [0.25, 0.3) is 0 Å². The molecular weight excluding hydrogens is 823 g/mol. The highest BCUT2D eigenvalue weighted by molar-refractivity contribution is 8.00. The molecular formula is C44H83N5O10S2. The summed E-state index contributed by atoms with van der Waals surface area (Å²) < 4.78 is 16.6. The maximum absolute atomic E-state index is 13.0. The molecule has 0 aromatic heterocycles. The van der Waals surface area contributed by atoms with Crippen molar-refractivity contribution in [2.45, 2.75) is 154 Å². The Bertz CT molecular complexity index is 1120. The summed E-state index contributed by atoms with van der Waals surface area (Å²) >= 11 is 3.08. The molecule has 17 heteroatoms. The van der Waals surface area contributed by atoms with E-state index in [1.807, 2.05) is 27.7 Å². The summed E-state index contributed by atoms with van der Waals surface area (Å²) in [6, 6.07) is 0. The molecule has 5 amide bonds. The van der Waals surface area contributed by atoms with Crippen molar-refractivity contribution >= 4 is 59.0 Å². The number of nitrogens with zero attached hydrogens (tertiary/aromatic N) is 1. The van der Waals surface area contributed by atoms with Gasteiger partial charge >= 0.3 is 5.97 Å². The van der Waals surface area contributed by atoms with E-state index in [1.54, 1.807) is 28.4 Å². The van der Waals surface area contributed by atoms with E-state index in [4.69, 9.17) is 19.3 Å². The van der Waals surface area contributed by atoms with Gasteiger partial charge in [0.25, 0.3) is 0 Å². The van der Waals surface area contributed by atoms with E-state index in [0.717, 1.165) is 32.1 Å². The van der Waals surface area contributed by atoms with E-state index in [-0.39, 0.29) is 68.6 Å². The molecule has 356 valence electrons. The Labute approximate surface area is 376 Å². The number of rotatable bonds is 44. The highest BCUT2D eigenvalue weighted by atomic mass is 32.2. The zero-order valence-corrected chi connectivity index (χ0v) is 39.8. The summed E-state index contributed by atoms with van der Waals surface area (Å²) in [5, 5.41) is 20.7. The zero-order chi connectivity index (χ0) is 45.2. The number of thioether (sulfide) groups is 2. The van der Waals surface area contributed by atoms with Crippen molar-refractivity contribution in [3.05, 3.63) is 0 Å². The van der Waals surface area contributed by atoms with Gasteiger partial charge in [0, 0.05) is 65.0 Å². The van der Waals surface area contributed by atoms with Gasteiger partial charge in [-0.1, -0.05) is 105 Å². The number of aliphatic carboxylic acids is 1. The molecule has 0 aromatic carbocycles. The van der Waals surface area contributed by atoms with Crippen LogP contribution in [-0.4, -0.2) is 146 Å². The largest absolute Gasteiger partial charge is 0.481 e. The molecule has 5 N–H and O–H groups in total. The molecule has 0 aromatic rings. The second kappa shape index (κ2) is 42.7. The standard InChI is InChI=1S/C44H83N5O10S2/c1-37(2)60-35-41(52)45-23-27-49(28-24-46-42(53)36-61-38(3)4)43(54)22-21-40(51)48-26-30-58-32-34-59-33-31-57-29-25-47-39(50)19-17-15-13-11-9-7-5-6-8-10-12-14-16-18-20-44(55)56/h37-38H,5-36H2,1-4H3,(H,45,52)(H,46,53)(H,47,50)(H,48,51)(H,55,56). The number of unbranched alkanes of at least 4 members (excludes halogenated alkanes) is 13. The lowest BCUT2D eigenvalue weighted by molar-refractivity contribution is -0.137. The third-order valence-corrected chi connectivity index (χ3v) is 11.5. The Morgan fingerprint density at radius 1 is 0.443 bits per heavy atom. The van der Waals surface area contributed by atoms with Gasteiger partial charge in [0.05, 0.1) is 51.1 Å². The minimum Gasteiger partial charge on any atom is -0.481 e. The number of hydrogen-bond donors (Lipinski definition) is 5. The Kier molecular flexibility index (Phi) is 40.9. The Hall–Kier alpha value is -2.60. The molecule has 0 fully saturated rings.